The van der Waals surface area contributed by atoms with Crippen LogP contribution in [0.4, 0.5) is 5.69 Å². The number of nitrogens with one attached hydrogen (secondary N) is 1. The van der Waals surface area contributed by atoms with E-state index >= 15 is 0 Å². The van der Waals surface area contributed by atoms with Gasteiger partial charge in [-0.25, -0.2) is 0 Å². The Labute approximate surface area is 177 Å². The van der Waals surface area contributed by atoms with Crippen LogP contribution in [0, 0.1) is 6.92 Å². The predicted octanol–water partition coefficient (Wildman–Crippen LogP) is 3.28. The van der Waals surface area contributed by atoms with Crippen LogP contribution in [-0.4, -0.2) is 73.6 Å². The highest BCUT2D eigenvalue weighted by molar-refractivity contribution is 5.81. The first kappa shape index (κ1) is 22.1. The third-order valence-corrected chi connectivity index (χ3v) is 6.45. The summed E-state index contributed by atoms with van der Waals surface area (Å²) < 4.78 is 0. The maximum atomic E-state index is 12.6. The number of likely N-dealkylation sites (tertiary alicyclic amines) is 1. The molecule has 5 nitrogen and oxygen atoms in total. The Morgan fingerprint density at radius 1 is 1.10 bits per heavy atom. The van der Waals surface area contributed by atoms with Crippen LogP contribution in [0.3, 0.4) is 0 Å². The van der Waals surface area contributed by atoms with Gasteiger partial charge in [-0.05, 0) is 77.2 Å². The highest BCUT2D eigenvalue weighted by Gasteiger charge is 2.29. The molecule has 0 bridgehead atoms. The molecule has 5 heteroatoms. The van der Waals surface area contributed by atoms with Crippen molar-refractivity contribution in [2.24, 2.45) is 0 Å². The van der Waals surface area contributed by atoms with E-state index in [1.807, 2.05) is 0 Å². The lowest BCUT2D eigenvalue weighted by Gasteiger charge is -2.37. The van der Waals surface area contributed by atoms with Crippen molar-refractivity contribution in [1.82, 2.24) is 15.1 Å². The maximum absolute atomic E-state index is 12.6. The minimum atomic E-state index is 0.0819. The van der Waals surface area contributed by atoms with Crippen LogP contribution in [0.25, 0.3) is 0 Å². The smallest absolute Gasteiger partial charge is 0.237 e. The number of hydrogen-bond acceptors (Lipinski definition) is 4. The Kier molecular flexibility index (Phi) is 8.37. The van der Waals surface area contributed by atoms with Crippen LogP contribution < -0.4 is 10.2 Å². The Bertz CT molecular complexity index is 640. The highest BCUT2D eigenvalue weighted by atomic mass is 16.2. The molecule has 1 unspecified atom stereocenters. The van der Waals surface area contributed by atoms with Crippen LogP contribution >= 0.6 is 0 Å². The van der Waals surface area contributed by atoms with E-state index in [4.69, 9.17) is 0 Å². The van der Waals surface area contributed by atoms with Gasteiger partial charge in [-0.3, -0.25) is 14.6 Å². The zero-order valence-corrected chi connectivity index (χ0v) is 18.7. The second-order valence-electron chi connectivity index (χ2n) is 9.01. The van der Waals surface area contributed by atoms with E-state index in [-0.39, 0.29) is 11.9 Å². The summed E-state index contributed by atoms with van der Waals surface area (Å²) in [6, 6.07) is 9.35. The number of piperidine rings is 1. The second kappa shape index (κ2) is 11.0. The number of benzene rings is 1. The Balaban J connectivity index is 1.30. The van der Waals surface area contributed by atoms with Crippen molar-refractivity contribution in [2.75, 3.05) is 50.7 Å². The van der Waals surface area contributed by atoms with Gasteiger partial charge in [-0.1, -0.05) is 18.6 Å². The SMILES string of the molecule is Cc1cccc(N2CCN(CCCCNC(=O)C3CCCCN3C(C)C)CC2)c1. The van der Waals surface area contributed by atoms with Crippen molar-refractivity contribution in [3.05, 3.63) is 29.8 Å². The number of aryl methyl sites for hydroxylation is 1. The normalized spacial score (nSPS) is 21.5. The maximum Gasteiger partial charge on any atom is 0.237 e. The van der Waals surface area contributed by atoms with Gasteiger partial charge in [0.2, 0.25) is 5.91 Å². The summed E-state index contributed by atoms with van der Waals surface area (Å²) in [7, 11) is 0. The number of rotatable bonds is 8. The lowest BCUT2D eigenvalue weighted by Crippen LogP contribution is -2.52. The van der Waals surface area contributed by atoms with Gasteiger partial charge in [-0.2, -0.15) is 0 Å². The van der Waals surface area contributed by atoms with Crippen molar-refractivity contribution >= 4 is 11.6 Å². The lowest BCUT2D eigenvalue weighted by atomic mass is 9.99. The summed E-state index contributed by atoms with van der Waals surface area (Å²) in [5.74, 6) is 0.241. The lowest BCUT2D eigenvalue weighted by molar-refractivity contribution is -0.128. The predicted molar refractivity (Wildman–Crippen MR) is 122 cm³/mol. The first-order valence-corrected chi connectivity index (χ1v) is 11.6. The number of carbonyl (C=O) groups excluding carboxylic acids is 1. The fourth-order valence-corrected chi connectivity index (χ4v) is 4.70. The fraction of sp³-hybridized carbons (Fsp3) is 0.708. The largest absolute Gasteiger partial charge is 0.369 e. The van der Waals surface area contributed by atoms with Gasteiger partial charge in [-0.15, -0.1) is 0 Å². The molecule has 3 rings (SSSR count). The molecule has 1 atom stereocenters. The molecule has 2 saturated heterocycles. The van der Waals surface area contributed by atoms with Gasteiger partial charge in [0.1, 0.15) is 0 Å². The van der Waals surface area contributed by atoms with Crippen molar-refractivity contribution in [3.8, 4) is 0 Å². The molecule has 1 N–H and O–H groups in total. The molecule has 2 aliphatic heterocycles. The topological polar surface area (TPSA) is 38.8 Å². The molecule has 1 aromatic carbocycles. The molecule has 162 valence electrons. The molecule has 1 amide bonds. The fourth-order valence-electron chi connectivity index (χ4n) is 4.70. The molecule has 0 radical (unpaired) electrons. The van der Waals surface area contributed by atoms with Crippen molar-refractivity contribution in [1.29, 1.82) is 0 Å². The highest BCUT2D eigenvalue weighted by Crippen LogP contribution is 2.20. The van der Waals surface area contributed by atoms with Crippen molar-refractivity contribution in [3.63, 3.8) is 0 Å². The number of carbonyl (C=O) groups is 1. The molecule has 2 aliphatic rings. The van der Waals surface area contributed by atoms with Gasteiger partial charge >= 0.3 is 0 Å². The van der Waals surface area contributed by atoms with E-state index in [2.05, 4.69) is 65.1 Å². The average Bonchev–Trinajstić information content (AvgIpc) is 2.74. The number of anilines is 1. The number of unbranched alkanes of at least 4 members (excludes halogenated alkanes) is 1. The van der Waals surface area contributed by atoms with Crippen LogP contribution in [0.15, 0.2) is 24.3 Å². The number of hydrogen-bond donors (Lipinski definition) is 1. The molecule has 2 fully saturated rings. The third-order valence-electron chi connectivity index (χ3n) is 6.45. The first-order valence-electron chi connectivity index (χ1n) is 11.6. The van der Waals surface area contributed by atoms with E-state index in [0.29, 0.717) is 6.04 Å². The van der Waals surface area contributed by atoms with Gasteiger partial charge in [0.25, 0.3) is 0 Å². The standard InChI is InChI=1S/C24H40N4O/c1-20(2)28-14-6-4-11-23(28)24(29)25-12-5-7-13-26-15-17-27(18-16-26)22-10-8-9-21(3)19-22/h8-10,19-20,23H,4-7,11-18H2,1-3H3,(H,25,29). The summed E-state index contributed by atoms with van der Waals surface area (Å²) in [6.45, 7) is 14.0. The van der Waals surface area contributed by atoms with E-state index in [9.17, 15) is 4.79 Å². The van der Waals surface area contributed by atoms with Crippen LogP contribution in [0.5, 0.6) is 0 Å². The van der Waals surface area contributed by atoms with E-state index < -0.39 is 0 Å². The molecular weight excluding hydrogens is 360 g/mol. The average molecular weight is 401 g/mol. The zero-order valence-electron chi connectivity index (χ0n) is 18.7. The quantitative estimate of drug-likeness (QED) is 0.680. The van der Waals surface area contributed by atoms with Crippen molar-refractivity contribution < 1.29 is 4.79 Å². The first-order chi connectivity index (χ1) is 14.0. The van der Waals surface area contributed by atoms with Crippen LogP contribution in [0.2, 0.25) is 0 Å². The summed E-state index contributed by atoms with van der Waals surface area (Å²) in [6.07, 6.45) is 5.63. The third kappa shape index (κ3) is 6.45. The summed E-state index contributed by atoms with van der Waals surface area (Å²) in [5, 5.41) is 3.20. The van der Waals surface area contributed by atoms with E-state index in [1.54, 1.807) is 0 Å². The van der Waals surface area contributed by atoms with Gasteiger partial charge in [0, 0.05) is 44.5 Å². The number of amides is 1. The Morgan fingerprint density at radius 2 is 1.90 bits per heavy atom. The molecule has 0 spiro atoms. The number of nitrogens with zero attached hydrogens (tertiary/aromatic N) is 3. The molecule has 0 saturated carbocycles. The second-order valence-corrected chi connectivity index (χ2v) is 9.01. The summed E-state index contributed by atoms with van der Waals surface area (Å²) in [5.41, 5.74) is 2.68. The molecule has 1 aromatic rings. The van der Waals surface area contributed by atoms with E-state index in [1.165, 1.54) is 24.1 Å². The summed E-state index contributed by atoms with van der Waals surface area (Å²) >= 11 is 0. The molecular formula is C24H40N4O. The minimum absolute atomic E-state index is 0.0819. The molecule has 0 aromatic heterocycles. The zero-order chi connectivity index (χ0) is 20.6. The minimum Gasteiger partial charge on any atom is -0.369 e. The Hall–Kier alpha value is -1.59. The summed E-state index contributed by atoms with van der Waals surface area (Å²) in [4.78, 5) is 20.0. The van der Waals surface area contributed by atoms with Gasteiger partial charge in [0.05, 0.1) is 6.04 Å². The molecule has 2 heterocycles. The molecule has 29 heavy (non-hydrogen) atoms. The molecule has 0 aliphatic carbocycles. The van der Waals surface area contributed by atoms with Crippen LogP contribution in [-0.2, 0) is 4.79 Å². The van der Waals surface area contributed by atoms with Crippen LogP contribution in [0.1, 0.15) is 51.5 Å². The van der Waals surface area contributed by atoms with E-state index in [0.717, 1.165) is 65.1 Å². The monoisotopic (exact) mass is 400 g/mol. The van der Waals surface area contributed by atoms with Crippen molar-refractivity contribution in [2.45, 2.75) is 65.0 Å². The van der Waals surface area contributed by atoms with Gasteiger partial charge < -0.3 is 10.2 Å². The van der Waals surface area contributed by atoms with Gasteiger partial charge in [0.15, 0.2) is 0 Å². The number of piperazine rings is 1. The Morgan fingerprint density at radius 3 is 2.62 bits per heavy atom.